The van der Waals surface area contributed by atoms with Crippen LogP contribution in [0.25, 0.3) is 6.08 Å². The highest BCUT2D eigenvalue weighted by Crippen LogP contribution is 2.35. The molecule has 0 aliphatic carbocycles. The van der Waals surface area contributed by atoms with Crippen LogP contribution in [-0.2, 0) is 16.1 Å². The summed E-state index contributed by atoms with van der Waals surface area (Å²) in [4.78, 5) is 20.5. The van der Waals surface area contributed by atoms with Gasteiger partial charge in [0, 0.05) is 6.08 Å². The average Bonchev–Trinajstić information content (AvgIpc) is 2.57. The van der Waals surface area contributed by atoms with Gasteiger partial charge in [0.05, 0.1) is 38.3 Å². The van der Waals surface area contributed by atoms with Crippen molar-refractivity contribution >= 4 is 43.9 Å². The molecule has 138 valence electrons. The molecule has 0 amide bonds. The lowest BCUT2D eigenvalue weighted by atomic mass is 10.2. The molecule has 0 radical (unpaired) electrons. The number of aryl methyl sites for hydroxylation is 3. The number of hydrogen-bond acceptors (Lipinski definition) is 5. The summed E-state index contributed by atoms with van der Waals surface area (Å²) in [5.74, 6) is 0.293. The van der Waals surface area contributed by atoms with Gasteiger partial charge < -0.3 is 9.47 Å². The first-order chi connectivity index (χ1) is 12.3. The standard InChI is InChI=1S/C19H20Br2N2O3/c1-5-25-18(24)7-6-14-8-15(20)19(16(21)9-14)26-10-17-13(4)22-11(2)12(3)23-17/h6-9H,5,10H2,1-4H3/b7-6+. The SMILES string of the molecule is CCOC(=O)/C=C/c1cc(Br)c(OCc2nc(C)c(C)nc2C)c(Br)c1. The molecule has 0 atom stereocenters. The fourth-order valence-corrected chi connectivity index (χ4v) is 3.66. The number of benzene rings is 1. The Labute approximate surface area is 170 Å². The maximum absolute atomic E-state index is 11.4. The van der Waals surface area contributed by atoms with Crippen LogP contribution in [-0.4, -0.2) is 22.5 Å². The summed E-state index contributed by atoms with van der Waals surface area (Å²) in [6.07, 6.45) is 3.09. The van der Waals surface area contributed by atoms with Crippen molar-refractivity contribution in [2.24, 2.45) is 0 Å². The molecule has 26 heavy (non-hydrogen) atoms. The van der Waals surface area contributed by atoms with Gasteiger partial charge in [0.15, 0.2) is 0 Å². The fourth-order valence-electron chi connectivity index (χ4n) is 2.21. The van der Waals surface area contributed by atoms with E-state index < -0.39 is 0 Å². The molecule has 2 rings (SSSR count). The van der Waals surface area contributed by atoms with Gasteiger partial charge in [-0.25, -0.2) is 4.79 Å². The minimum absolute atomic E-state index is 0.315. The number of ether oxygens (including phenoxy) is 2. The van der Waals surface area contributed by atoms with E-state index in [1.165, 1.54) is 6.08 Å². The fraction of sp³-hybridized carbons (Fsp3) is 0.316. The van der Waals surface area contributed by atoms with Gasteiger partial charge in [-0.05, 0) is 83.3 Å². The lowest BCUT2D eigenvalue weighted by Crippen LogP contribution is -2.06. The molecule has 1 aromatic carbocycles. The molecular formula is C19H20Br2N2O3. The van der Waals surface area contributed by atoms with Crippen molar-refractivity contribution in [1.29, 1.82) is 0 Å². The molecule has 1 heterocycles. The first kappa shape index (κ1) is 20.6. The van der Waals surface area contributed by atoms with Crippen LogP contribution in [0, 0.1) is 20.8 Å². The van der Waals surface area contributed by atoms with Crippen LogP contribution < -0.4 is 4.74 Å². The Morgan fingerprint density at radius 1 is 1.08 bits per heavy atom. The number of halogens is 2. The van der Waals surface area contributed by atoms with Crippen molar-refractivity contribution in [1.82, 2.24) is 9.97 Å². The lowest BCUT2D eigenvalue weighted by Gasteiger charge is -2.13. The number of carbonyl (C=O) groups is 1. The summed E-state index contributed by atoms with van der Waals surface area (Å²) in [5, 5.41) is 0. The van der Waals surface area contributed by atoms with Gasteiger partial charge in [-0.3, -0.25) is 9.97 Å². The molecule has 0 aliphatic heterocycles. The van der Waals surface area contributed by atoms with E-state index in [9.17, 15) is 4.79 Å². The van der Waals surface area contributed by atoms with E-state index in [4.69, 9.17) is 9.47 Å². The van der Waals surface area contributed by atoms with E-state index in [0.717, 1.165) is 37.3 Å². The normalized spacial score (nSPS) is 11.0. The Kier molecular flexibility index (Phi) is 7.34. The van der Waals surface area contributed by atoms with Crippen molar-refractivity contribution in [3.05, 3.63) is 55.5 Å². The maximum atomic E-state index is 11.4. The van der Waals surface area contributed by atoms with E-state index >= 15 is 0 Å². The second-order valence-electron chi connectivity index (χ2n) is 5.61. The molecule has 0 spiro atoms. The first-order valence-corrected chi connectivity index (χ1v) is 9.67. The largest absolute Gasteiger partial charge is 0.485 e. The van der Waals surface area contributed by atoms with Crippen molar-refractivity contribution in [3.63, 3.8) is 0 Å². The summed E-state index contributed by atoms with van der Waals surface area (Å²) in [6.45, 7) is 8.23. The molecule has 0 saturated heterocycles. The summed E-state index contributed by atoms with van der Waals surface area (Å²) in [5.41, 5.74) is 4.32. The number of hydrogen-bond donors (Lipinski definition) is 0. The molecule has 0 saturated carbocycles. The third kappa shape index (κ3) is 5.38. The molecule has 5 nitrogen and oxygen atoms in total. The van der Waals surface area contributed by atoms with Crippen LogP contribution in [0.4, 0.5) is 0 Å². The second-order valence-corrected chi connectivity index (χ2v) is 7.32. The van der Waals surface area contributed by atoms with Crippen molar-refractivity contribution < 1.29 is 14.3 Å². The van der Waals surface area contributed by atoms with Crippen LogP contribution >= 0.6 is 31.9 Å². The molecule has 2 aromatic rings. The molecule has 0 aliphatic rings. The van der Waals surface area contributed by atoms with Gasteiger partial charge in [0.2, 0.25) is 0 Å². The highest BCUT2D eigenvalue weighted by Gasteiger charge is 2.11. The number of esters is 1. The number of rotatable bonds is 6. The number of nitrogens with zero attached hydrogens (tertiary/aromatic N) is 2. The average molecular weight is 484 g/mol. The van der Waals surface area contributed by atoms with Gasteiger partial charge in [0.25, 0.3) is 0 Å². The lowest BCUT2D eigenvalue weighted by molar-refractivity contribution is -0.137. The molecule has 0 unspecified atom stereocenters. The minimum Gasteiger partial charge on any atom is -0.485 e. The van der Waals surface area contributed by atoms with E-state index in [-0.39, 0.29) is 5.97 Å². The van der Waals surface area contributed by atoms with E-state index in [1.807, 2.05) is 32.9 Å². The summed E-state index contributed by atoms with van der Waals surface area (Å²) in [7, 11) is 0. The third-order valence-electron chi connectivity index (χ3n) is 3.65. The van der Waals surface area contributed by atoms with E-state index in [2.05, 4.69) is 41.8 Å². The highest BCUT2D eigenvalue weighted by molar-refractivity contribution is 9.11. The Balaban J connectivity index is 2.16. The molecule has 7 heteroatoms. The predicted octanol–water partition coefficient (Wildman–Crippen LogP) is 5.08. The maximum Gasteiger partial charge on any atom is 0.330 e. The summed E-state index contributed by atoms with van der Waals surface area (Å²) >= 11 is 7.03. The Bertz CT molecular complexity index is 828. The Hall–Kier alpha value is -1.73. The van der Waals surface area contributed by atoms with Crippen molar-refractivity contribution in [2.45, 2.75) is 34.3 Å². The van der Waals surface area contributed by atoms with E-state index in [0.29, 0.717) is 19.0 Å². The third-order valence-corrected chi connectivity index (χ3v) is 4.83. The summed E-state index contributed by atoms with van der Waals surface area (Å²) in [6, 6.07) is 3.74. The quantitative estimate of drug-likeness (QED) is 0.423. The number of carbonyl (C=O) groups excluding carboxylic acids is 1. The minimum atomic E-state index is -0.371. The Morgan fingerprint density at radius 3 is 2.31 bits per heavy atom. The van der Waals surface area contributed by atoms with Gasteiger partial charge in [-0.15, -0.1) is 0 Å². The monoisotopic (exact) mass is 482 g/mol. The van der Waals surface area contributed by atoms with E-state index in [1.54, 1.807) is 13.0 Å². The topological polar surface area (TPSA) is 61.3 Å². The molecule has 0 N–H and O–H groups in total. The highest BCUT2D eigenvalue weighted by atomic mass is 79.9. The van der Waals surface area contributed by atoms with Crippen molar-refractivity contribution in [3.8, 4) is 5.75 Å². The molecule has 1 aromatic heterocycles. The molecular weight excluding hydrogens is 464 g/mol. The van der Waals surface area contributed by atoms with Crippen LogP contribution in [0.3, 0.4) is 0 Å². The van der Waals surface area contributed by atoms with Crippen LogP contribution in [0.15, 0.2) is 27.2 Å². The van der Waals surface area contributed by atoms with Crippen molar-refractivity contribution in [2.75, 3.05) is 6.61 Å². The van der Waals surface area contributed by atoms with Gasteiger partial charge in [0.1, 0.15) is 12.4 Å². The van der Waals surface area contributed by atoms with Gasteiger partial charge in [-0.1, -0.05) is 0 Å². The number of aromatic nitrogens is 2. The predicted molar refractivity (Wildman–Crippen MR) is 108 cm³/mol. The Morgan fingerprint density at radius 2 is 1.69 bits per heavy atom. The zero-order valence-corrected chi connectivity index (χ0v) is 18.3. The summed E-state index contributed by atoms with van der Waals surface area (Å²) < 4.78 is 12.4. The zero-order chi connectivity index (χ0) is 19.3. The molecule has 0 bridgehead atoms. The smallest absolute Gasteiger partial charge is 0.330 e. The van der Waals surface area contributed by atoms with Crippen LogP contribution in [0.5, 0.6) is 5.75 Å². The van der Waals surface area contributed by atoms with Gasteiger partial charge in [-0.2, -0.15) is 0 Å². The molecule has 0 fully saturated rings. The van der Waals surface area contributed by atoms with Crippen LogP contribution in [0.1, 0.15) is 35.3 Å². The zero-order valence-electron chi connectivity index (χ0n) is 15.1. The first-order valence-electron chi connectivity index (χ1n) is 8.09. The van der Waals surface area contributed by atoms with Gasteiger partial charge >= 0.3 is 5.97 Å². The second kappa shape index (κ2) is 9.28. The van der Waals surface area contributed by atoms with Crippen LogP contribution in [0.2, 0.25) is 0 Å².